The van der Waals surface area contributed by atoms with E-state index in [1.54, 1.807) is 0 Å². The summed E-state index contributed by atoms with van der Waals surface area (Å²) in [6.45, 7) is 1.52. The lowest BCUT2D eigenvalue weighted by Crippen LogP contribution is -2.46. The number of hydrogen-bond donors (Lipinski definition) is 1. The van der Waals surface area contributed by atoms with Crippen molar-refractivity contribution in [1.29, 1.82) is 0 Å². The van der Waals surface area contributed by atoms with Crippen LogP contribution in [0.25, 0.3) is 0 Å². The molecule has 1 aliphatic carbocycles. The van der Waals surface area contributed by atoms with Gasteiger partial charge in [-0.25, -0.2) is 0 Å². The Morgan fingerprint density at radius 3 is 2.31 bits per heavy atom. The van der Waals surface area contributed by atoms with E-state index in [2.05, 4.69) is 21.2 Å². The quantitative estimate of drug-likeness (QED) is 0.760. The van der Waals surface area contributed by atoms with E-state index in [0.29, 0.717) is 17.9 Å². The lowest BCUT2D eigenvalue weighted by Gasteiger charge is -2.33. The molecule has 2 fully saturated rings. The fourth-order valence-corrected chi connectivity index (χ4v) is 4.37. The molecular weight excluding hydrogens is 392 g/mol. The zero-order valence-electron chi connectivity index (χ0n) is 15.4. The van der Waals surface area contributed by atoms with E-state index in [-0.39, 0.29) is 11.9 Å². The maximum absolute atomic E-state index is 12.5. The van der Waals surface area contributed by atoms with E-state index < -0.39 is 0 Å². The van der Waals surface area contributed by atoms with Crippen LogP contribution in [-0.2, 0) is 4.79 Å². The molecule has 3 rings (SSSR count). The molecule has 0 aromatic heterocycles. The summed E-state index contributed by atoms with van der Waals surface area (Å²) >= 11 is 3.38. The fraction of sp³-hybridized carbons (Fsp3) is 0.619. The van der Waals surface area contributed by atoms with Gasteiger partial charge in [-0.15, -0.1) is 0 Å². The van der Waals surface area contributed by atoms with E-state index in [9.17, 15) is 9.59 Å². The highest BCUT2D eigenvalue weighted by Crippen LogP contribution is 2.27. The van der Waals surface area contributed by atoms with Crippen LogP contribution in [0.15, 0.2) is 28.7 Å². The number of benzene rings is 1. The Bertz CT molecular complexity index is 603. The average molecular weight is 421 g/mol. The first-order valence-corrected chi connectivity index (χ1v) is 10.8. The highest BCUT2D eigenvalue weighted by atomic mass is 79.9. The topological polar surface area (TPSA) is 49.4 Å². The van der Waals surface area contributed by atoms with Crippen molar-refractivity contribution in [2.45, 2.75) is 63.8 Å². The first kappa shape index (κ1) is 19.4. The minimum absolute atomic E-state index is 0.0282. The van der Waals surface area contributed by atoms with Crippen molar-refractivity contribution in [2.75, 3.05) is 13.1 Å². The summed E-state index contributed by atoms with van der Waals surface area (Å²) in [6, 6.07) is 7.56. The molecule has 1 aliphatic heterocycles. The summed E-state index contributed by atoms with van der Waals surface area (Å²) in [7, 11) is 0. The first-order chi connectivity index (χ1) is 12.6. The number of halogens is 1. The molecule has 5 heteroatoms. The van der Waals surface area contributed by atoms with Crippen LogP contribution in [0, 0.1) is 5.92 Å². The fourth-order valence-electron chi connectivity index (χ4n) is 4.10. The van der Waals surface area contributed by atoms with Crippen molar-refractivity contribution in [3.05, 3.63) is 34.3 Å². The van der Waals surface area contributed by atoms with E-state index >= 15 is 0 Å². The van der Waals surface area contributed by atoms with Gasteiger partial charge in [-0.2, -0.15) is 0 Å². The molecule has 2 aliphatic rings. The molecule has 1 N–H and O–H groups in total. The summed E-state index contributed by atoms with van der Waals surface area (Å²) in [5.41, 5.74) is 0.680. The summed E-state index contributed by atoms with van der Waals surface area (Å²) in [5, 5.41) is 3.11. The number of piperidine rings is 1. The van der Waals surface area contributed by atoms with Crippen LogP contribution >= 0.6 is 15.9 Å². The molecule has 26 heavy (non-hydrogen) atoms. The second-order valence-corrected chi connectivity index (χ2v) is 8.59. The van der Waals surface area contributed by atoms with Crippen molar-refractivity contribution in [2.24, 2.45) is 5.92 Å². The molecular formula is C21H29BrN2O2. The highest BCUT2D eigenvalue weighted by molar-refractivity contribution is 9.10. The molecule has 4 nitrogen and oxygen atoms in total. The molecule has 2 amide bonds. The van der Waals surface area contributed by atoms with Gasteiger partial charge in [0.05, 0.1) is 0 Å². The van der Waals surface area contributed by atoms with Gasteiger partial charge in [-0.05, 0) is 49.4 Å². The summed E-state index contributed by atoms with van der Waals surface area (Å²) in [5.74, 6) is 1.03. The number of nitrogens with zero attached hydrogens (tertiary/aromatic N) is 1. The van der Waals surface area contributed by atoms with Crippen LogP contribution in [0.1, 0.15) is 68.1 Å². The molecule has 0 atom stereocenters. The van der Waals surface area contributed by atoms with Crippen molar-refractivity contribution in [3.63, 3.8) is 0 Å². The SMILES string of the molecule is O=C(NC1CCN(C(=O)CCC2CCCCC2)CC1)c1ccc(Br)cc1. The molecule has 0 bridgehead atoms. The second-order valence-electron chi connectivity index (χ2n) is 7.68. The summed E-state index contributed by atoms with van der Waals surface area (Å²) < 4.78 is 0.967. The molecule has 1 heterocycles. The molecule has 0 unspecified atom stereocenters. The van der Waals surface area contributed by atoms with Crippen molar-refractivity contribution < 1.29 is 9.59 Å². The van der Waals surface area contributed by atoms with Gasteiger partial charge in [0.2, 0.25) is 5.91 Å². The van der Waals surface area contributed by atoms with Crippen LogP contribution in [0.5, 0.6) is 0 Å². The third-order valence-electron chi connectivity index (χ3n) is 5.78. The number of likely N-dealkylation sites (tertiary alicyclic amines) is 1. The Labute approximate surface area is 164 Å². The summed E-state index contributed by atoms with van der Waals surface area (Å²) in [4.78, 5) is 26.8. The van der Waals surface area contributed by atoms with Gasteiger partial charge >= 0.3 is 0 Å². The number of hydrogen-bond acceptors (Lipinski definition) is 2. The van der Waals surface area contributed by atoms with Crippen LogP contribution in [0.2, 0.25) is 0 Å². The van der Waals surface area contributed by atoms with Gasteiger partial charge in [0.15, 0.2) is 0 Å². The first-order valence-electron chi connectivity index (χ1n) is 9.96. The summed E-state index contributed by atoms with van der Waals surface area (Å²) in [6.07, 6.45) is 10.1. The maximum Gasteiger partial charge on any atom is 0.251 e. The van der Waals surface area contributed by atoms with Gasteiger partial charge in [-0.1, -0.05) is 48.0 Å². The lowest BCUT2D eigenvalue weighted by molar-refractivity contribution is -0.132. The minimum atomic E-state index is -0.0282. The smallest absolute Gasteiger partial charge is 0.251 e. The molecule has 1 saturated carbocycles. The van der Waals surface area contributed by atoms with Crippen LogP contribution < -0.4 is 5.32 Å². The highest BCUT2D eigenvalue weighted by Gasteiger charge is 2.24. The number of nitrogens with one attached hydrogen (secondary N) is 1. The Hall–Kier alpha value is -1.36. The van der Waals surface area contributed by atoms with Crippen LogP contribution in [0.4, 0.5) is 0 Å². The Kier molecular flexibility index (Phi) is 7.12. The maximum atomic E-state index is 12.5. The monoisotopic (exact) mass is 420 g/mol. The van der Waals surface area contributed by atoms with Gasteiger partial charge in [0, 0.05) is 35.6 Å². The molecule has 1 aromatic rings. The number of amides is 2. The van der Waals surface area contributed by atoms with E-state index in [0.717, 1.165) is 42.7 Å². The molecule has 0 radical (unpaired) electrons. The molecule has 1 aromatic carbocycles. The van der Waals surface area contributed by atoms with E-state index in [1.807, 2.05) is 29.2 Å². The minimum Gasteiger partial charge on any atom is -0.349 e. The Morgan fingerprint density at radius 1 is 1.00 bits per heavy atom. The number of carbonyl (C=O) groups excluding carboxylic acids is 2. The van der Waals surface area contributed by atoms with E-state index in [4.69, 9.17) is 0 Å². The van der Waals surface area contributed by atoms with Crippen molar-refractivity contribution in [3.8, 4) is 0 Å². The zero-order valence-corrected chi connectivity index (χ0v) is 17.0. The predicted molar refractivity (Wildman–Crippen MR) is 107 cm³/mol. The largest absolute Gasteiger partial charge is 0.349 e. The van der Waals surface area contributed by atoms with Crippen LogP contribution in [-0.4, -0.2) is 35.8 Å². The standard InChI is InChI=1S/C21H29BrN2O2/c22-18-9-7-17(8-10-18)21(26)23-19-12-14-24(15-13-19)20(25)11-6-16-4-2-1-3-5-16/h7-10,16,19H,1-6,11-15H2,(H,23,26). The van der Waals surface area contributed by atoms with Crippen LogP contribution in [0.3, 0.4) is 0 Å². The third kappa shape index (κ3) is 5.57. The second kappa shape index (κ2) is 9.54. The number of rotatable bonds is 5. The third-order valence-corrected chi connectivity index (χ3v) is 6.31. The Balaban J connectivity index is 1.38. The van der Waals surface area contributed by atoms with Gasteiger partial charge in [0.1, 0.15) is 0 Å². The predicted octanol–water partition coefficient (Wildman–Crippen LogP) is 4.53. The number of carbonyl (C=O) groups is 2. The van der Waals surface area contributed by atoms with Gasteiger partial charge < -0.3 is 10.2 Å². The van der Waals surface area contributed by atoms with Gasteiger partial charge in [0.25, 0.3) is 5.91 Å². The van der Waals surface area contributed by atoms with Crippen molar-refractivity contribution in [1.82, 2.24) is 10.2 Å². The van der Waals surface area contributed by atoms with E-state index in [1.165, 1.54) is 32.1 Å². The molecule has 1 saturated heterocycles. The molecule has 0 spiro atoms. The Morgan fingerprint density at radius 2 is 1.65 bits per heavy atom. The van der Waals surface area contributed by atoms with Gasteiger partial charge in [-0.3, -0.25) is 9.59 Å². The van der Waals surface area contributed by atoms with Crippen molar-refractivity contribution >= 4 is 27.7 Å². The normalized spacial score (nSPS) is 19.3. The zero-order chi connectivity index (χ0) is 18.4. The lowest BCUT2D eigenvalue weighted by atomic mass is 9.86. The average Bonchev–Trinajstić information content (AvgIpc) is 2.68. The molecule has 142 valence electrons.